The zero-order valence-corrected chi connectivity index (χ0v) is 13.6. The molecule has 0 unspecified atom stereocenters. The highest BCUT2D eigenvalue weighted by Crippen LogP contribution is 2.19. The number of aryl methyl sites for hydroxylation is 3. The predicted molar refractivity (Wildman–Crippen MR) is 82.1 cm³/mol. The molecule has 0 saturated heterocycles. The van der Waals surface area contributed by atoms with E-state index in [1.165, 1.54) is 23.5 Å². The SMILES string of the molecule is Cc1nsnc1CSCC(=O)Nc1c(C)nn(C)c1C. The number of hydrogen-bond donors (Lipinski definition) is 1. The molecule has 0 spiro atoms. The third-order valence-electron chi connectivity index (χ3n) is 2.99. The number of anilines is 1. The zero-order valence-electron chi connectivity index (χ0n) is 11.9. The minimum atomic E-state index is -0.0185. The summed E-state index contributed by atoms with van der Waals surface area (Å²) in [6, 6.07) is 0. The molecule has 0 aliphatic rings. The number of aromatic nitrogens is 4. The Kier molecular flexibility index (Phi) is 4.77. The Morgan fingerprint density at radius 2 is 2.05 bits per heavy atom. The van der Waals surface area contributed by atoms with Crippen molar-refractivity contribution in [1.82, 2.24) is 18.5 Å². The molecule has 0 saturated carbocycles. The second-order valence-electron chi connectivity index (χ2n) is 4.51. The van der Waals surface area contributed by atoms with Gasteiger partial charge in [0, 0.05) is 12.8 Å². The summed E-state index contributed by atoms with van der Waals surface area (Å²) in [5.41, 5.74) is 4.51. The summed E-state index contributed by atoms with van der Waals surface area (Å²) in [7, 11) is 1.87. The Hall–Kier alpha value is -1.41. The summed E-state index contributed by atoms with van der Waals surface area (Å²) in [6.45, 7) is 5.76. The fraction of sp³-hybridized carbons (Fsp3) is 0.500. The normalized spacial score (nSPS) is 10.8. The Morgan fingerprint density at radius 1 is 1.30 bits per heavy atom. The molecule has 2 rings (SSSR count). The molecule has 2 aromatic rings. The van der Waals surface area contributed by atoms with E-state index < -0.39 is 0 Å². The minimum absolute atomic E-state index is 0.0185. The van der Waals surface area contributed by atoms with Crippen LogP contribution < -0.4 is 5.32 Å². The number of carbonyl (C=O) groups excluding carboxylic acids is 1. The Morgan fingerprint density at radius 3 is 2.60 bits per heavy atom. The maximum atomic E-state index is 11.9. The average Bonchev–Trinajstić information content (AvgIpc) is 2.89. The average molecular weight is 311 g/mol. The predicted octanol–water partition coefficient (Wildman–Crippen LogP) is 2.07. The van der Waals surface area contributed by atoms with Crippen molar-refractivity contribution in [2.45, 2.75) is 26.5 Å². The smallest absolute Gasteiger partial charge is 0.234 e. The quantitative estimate of drug-likeness (QED) is 0.915. The first kappa shape index (κ1) is 15.0. The highest BCUT2D eigenvalue weighted by atomic mass is 32.2. The van der Waals surface area contributed by atoms with Crippen LogP contribution in [0.3, 0.4) is 0 Å². The van der Waals surface area contributed by atoms with E-state index in [0.717, 1.165) is 28.5 Å². The summed E-state index contributed by atoms with van der Waals surface area (Å²) < 4.78 is 10.1. The molecule has 0 fully saturated rings. The van der Waals surface area contributed by atoms with Gasteiger partial charge in [0.1, 0.15) is 0 Å². The molecule has 0 aliphatic heterocycles. The molecule has 1 N–H and O–H groups in total. The maximum absolute atomic E-state index is 11.9. The summed E-state index contributed by atoms with van der Waals surface area (Å²) in [6.07, 6.45) is 0. The van der Waals surface area contributed by atoms with Crippen LogP contribution in [-0.2, 0) is 17.6 Å². The van der Waals surface area contributed by atoms with Crippen LogP contribution in [0.2, 0.25) is 0 Å². The fourth-order valence-corrected chi connectivity index (χ4v) is 3.22. The van der Waals surface area contributed by atoms with Crippen LogP contribution in [0.25, 0.3) is 0 Å². The molecular formula is C12H17N5OS2. The third kappa shape index (κ3) is 3.37. The van der Waals surface area contributed by atoms with Gasteiger partial charge in [-0.05, 0) is 20.8 Å². The number of rotatable bonds is 5. The molecule has 108 valence electrons. The molecule has 2 heterocycles. The Bertz CT molecular complexity index is 619. The second kappa shape index (κ2) is 6.36. The second-order valence-corrected chi connectivity index (χ2v) is 6.02. The van der Waals surface area contributed by atoms with Gasteiger partial charge < -0.3 is 5.32 Å². The van der Waals surface area contributed by atoms with Crippen LogP contribution in [-0.4, -0.2) is 30.2 Å². The van der Waals surface area contributed by atoms with E-state index >= 15 is 0 Å². The van der Waals surface area contributed by atoms with Gasteiger partial charge in [0.05, 0.1) is 45.9 Å². The molecule has 2 aromatic heterocycles. The maximum Gasteiger partial charge on any atom is 0.234 e. The van der Waals surface area contributed by atoms with E-state index in [0.29, 0.717) is 11.5 Å². The van der Waals surface area contributed by atoms with E-state index in [2.05, 4.69) is 19.2 Å². The first-order valence-electron chi connectivity index (χ1n) is 6.15. The third-order valence-corrected chi connectivity index (χ3v) is 4.59. The lowest BCUT2D eigenvalue weighted by atomic mass is 10.3. The lowest BCUT2D eigenvalue weighted by Gasteiger charge is -2.05. The van der Waals surface area contributed by atoms with Crippen LogP contribution in [0.5, 0.6) is 0 Å². The van der Waals surface area contributed by atoms with Crippen molar-refractivity contribution in [2.75, 3.05) is 11.1 Å². The lowest BCUT2D eigenvalue weighted by Crippen LogP contribution is -2.15. The minimum Gasteiger partial charge on any atom is -0.322 e. The van der Waals surface area contributed by atoms with Gasteiger partial charge in [-0.1, -0.05) is 0 Å². The first-order valence-corrected chi connectivity index (χ1v) is 8.03. The van der Waals surface area contributed by atoms with Crippen LogP contribution in [0.4, 0.5) is 5.69 Å². The van der Waals surface area contributed by atoms with Gasteiger partial charge in [-0.2, -0.15) is 13.8 Å². The summed E-state index contributed by atoms with van der Waals surface area (Å²) in [5, 5.41) is 7.19. The molecule has 1 amide bonds. The monoisotopic (exact) mass is 311 g/mol. The van der Waals surface area contributed by atoms with Crippen molar-refractivity contribution < 1.29 is 4.79 Å². The van der Waals surface area contributed by atoms with E-state index in [4.69, 9.17) is 0 Å². The van der Waals surface area contributed by atoms with E-state index in [1.807, 2.05) is 27.8 Å². The molecular weight excluding hydrogens is 294 g/mol. The van der Waals surface area contributed by atoms with Crippen LogP contribution in [0.15, 0.2) is 0 Å². The molecule has 0 aromatic carbocycles. The van der Waals surface area contributed by atoms with Gasteiger partial charge in [0.2, 0.25) is 5.91 Å². The van der Waals surface area contributed by atoms with Crippen molar-refractivity contribution in [3.05, 3.63) is 22.8 Å². The number of nitrogens with zero attached hydrogens (tertiary/aromatic N) is 4. The number of hydrogen-bond acceptors (Lipinski definition) is 6. The number of amides is 1. The van der Waals surface area contributed by atoms with E-state index in [9.17, 15) is 4.79 Å². The lowest BCUT2D eigenvalue weighted by molar-refractivity contribution is -0.113. The summed E-state index contributed by atoms with van der Waals surface area (Å²) >= 11 is 2.75. The topological polar surface area (TPSA) is 72.7 Å². The number of nitrogens with one attached hydrogen (secondary N) is 1. The van der Waals surface area contributed by atoms with Crippen molar-refractivity contribution in [3.63, 3.8) is 0 Å². The molecule has 0 bridgehead atoms. The molecule has 0 atom stereocenters. The first-order chi connectivity index (χ1) is 9.49. The van der Waals surface area contributed by atoms with Crippen LogP contribution in [0.1, 0.15) is 22.8 Å². The molecule has 0 aliphatic carbocycles. The van der Waals surface area contributed by atoms with Crippen molar-refractivity contribution >= 4 is 35.1 Å². The van der Waals surface area contributed by atoms with Gasteiger partial charge in [-0.15, -0.1) is 11.8 Å². The fourth-order valence-electron chi connectivity index (χ4n) is 1.75. The zero-order chi connectivity index (χ0) is 14.7. The van der Waals surface area contributed by atoms with Crippen molar-refractivity contribution in [3.8, 4) is 0 Å². The molecule has 20 heavy (non-hydrogen) atoms. The Labute approximate surface area is 126 Å². The van der Waals surface area contributed by atoms with Gasteiger partial charge >= 0.3 is 0 Å². The van der Waals surface area contributed by atoms with Crippen molar-refractivity contribution in [2.24, 2.45) is 7.05 Å². The van der Waals surface area contributed by atoms with Crippen LogP contribution >= 0.6 is 23.5 Å². The molecule has 6 nitrogen and oxygen atoms in total. The number of carbonyl (C=O) groups is 1. The highest BCUT2D eigenvalue weighted by molar-refractivity contribution is 7.99. The molecule has 8 heteroatoms. The summed E-state index contributed by atoms with van der Waals surface area (Å²) in [4.78, 5) is 11.9. The van der Waals surface area contributed by atoms with Gasteiger partial charge in [0.25, 0.3) is 0 Å². The van der Waals surface area contributed by atoms with Gasteiger partial charge in [-0.25, -0.2) is 0 Å². The van der Waals surface area contributed by atoms with Gasteiger partial charge in [-0.3, -0.25) is 9.48 Å². The van der Waals surface area contributed by atoms with Gasteiger partial charge in [0.15, 0.2) is 0 Å². The van der Waals surface area contributed by atoms with E-state index in [-0.39, 0.29) is 5.91 Å². The Balaban J connectivity index is 1.85. The van der Waals surface area contributed by atoms with Crippen molar-refractivity contribution in [1.29, 1.82) is 0 Å². The van der Waals surface area contributed by atoms with Crippen LogP contribution in [0, 0.1) is 20.8 Å². The number of thioether (sulfide) groups is 1. The standard InChI is InChI=1S/C12H17N5OS2/c1-7-10(16-20-15-7)5-19-6-11(18)13-12-8(2)14-17(4)9(12)3/h5-6H2,1-4H3,(H,13,18). The van der Waals surface area contributed by atoms with E-state index in [1.54, 1.807) is 4.68 Å². The molecule has 0 radical (unpaired) electrons. The largest absolute Gasteiger partial charge is 0.322 e. The highest BCUT2D eigenvalue weighted by Gasteiger charge is 2.12. The summed E-state index contributed by atoms with van der Waals surface area (Å²) in [5.74, 6) is 1.08.